The van der Waals surface area contributed by atoms with Crippen LogP contribution < -0.4 is 14.2 Å². The van der Waals surface area contributed by atoms with Gasteiger partial charge in [-0.3, -0.25) is 0 Å². The molecule has 0 saturated carbocycles. The topological polar surface area (TPSA) is 85.3 Å². The number of unbranched alkanes of at least 4 members (excludes halogenated alkanes) is 1. The number of nitrogens with zero attached hydrogens (tertiary/aromatic N) is 1. The van der Waals surface area contributed by atoms with Gasteiger partial charge in [-0.1, -0.05) is 57.0 Å². The van der Waals surface area contributed by atoms with Crippen molar-refractivity contribution < 1.29 is 27.8 Å². The van der Waals surface area contributed by atoms with Crippen LogP contribution in [0.2, 0.25) is 0 Å². The number of rotatable bonds is 8. The molecule has 32 heavy (non-hydrogen) atoms. The summed E-state index contributed by atoms with van der Waals surface area (Å²) in [5.41, 5.74) is 1.18. The van der Waals surface area contributed by atoms with Crippen LogP contribution in [0.25, 0.3) is 0 Å². The molecule has 1 N–H and O–H groups in total. The molecule has 0 spiro atoms. The molecule has 1 aliphatic heterocycles. The Bertz CT molecular complexity index is 1020. The van der Waals surface area contributed by atoms with Crippen molar-refractivity contribution in [2.75, 3.05) is 21.3 Å². The number of fused-ring (bicyclic) bond motifs is 1. The zero-order valence-corrected chi connectivity index (χ0v) is 20.2. The Labute approximate surface area is 190 Å². The van der Waals surface area contributed by atoms with E-state index in [4.69, 9.17) is 14.2 Å². The Hall–Kier alpha value is -2.29. The van der Waals surface area contributed by atoms with Gasteiger partial charge in [0.25, 0.3) is 0 Å². The first-order valence-corrected chi connectivity index (χ1v) is 12.5. The van der Waals surface area contributed by atoms with Crippen molar-refractivity contribution in [1.82, 2.24) is 5.06 Å². The number of ether oxygens (including phenoxy) is 3. The summed E-state index contributed by atoms with van der Waals surface area (Å²) < 4.78 is 45.0. The minimum Gasteiger partial charge on any atom is -0.493 e. The summed E-state index contributed by atoms with van der Waals surface area (Å²) in [4.78, 5) is 0.0580. The summed E-state index contributed by atoms with van der Waals surface area (Å²) in [6.07, 6.45) is 2.49. The first-order chi connectivity index (χ1) is 15.4. The lowest BCUT2D eigenvalue weighted by molar-refractivity contribution is -0.152. The second kappa shape index (κ2) is 10.1. The highest BCUT2D eigenvalue weighted by Gasteiger charge is 2.48. The lowest BCUT2D eigenvalue weighted by Gasteiger charge is -2.34. The van der Waals surface area contributed by atoms with Crippen LogP contribution in [0.4, 0.5) is 0 Å². The molecule has 1 heterocycles. The third-order valence-corrected chi connectivity index (χ3v) is 8.54. The van der Waals surface area contributed by atoms with Gasteiger partial charge in [0.2, 0.25) is 5.75 Å². The lowest BCUT2D eigenvalue weighted by Crippen LogP contribution is -2.44. The second-order valence-electron chi connectivity index (χ2n) is 7.96. The van der Waals surface area contributed by atoms with E-state index in [0.29, 0.717) is 24.2 Å². The number of hydroxylamine groups is 2. The summed E-state index contributed by atoms with van der Waals surface area (Å²) in [6.45, 7) is 3.93. The van der Waals surface area contributed by atoms with Gasteiger partial charge in [-0.15, -0.1) is 0 Å². The van der Waals surface area contributed by atoms with Crippen LogP contribution in [0.1, 0.15) is 56.7 Å². The molecule has 7 nitrogen and oxygen atoms in total. The van der Waals surface area contributed by atoms with Gasteiger partial charge in [0, 0.05) is 5.56 Å². The largest absolute Gasteiger partial charge is 0.493 e. The molecule has 3 atom stereocenters. The smallest absolute Gasteiger partial charge is 0.204 e. The van der Waals surface area contributed by atoms with Gasteiger partial charge in [0.05, 0.1) is 38.7 Å². The minimum atomic E-state index is -3.89. The molecule has 1 aliphatic rings. The van der Waals surface area contributed by atoms with Crippen LogP contribution in [-0.4, -0.2) is 51.3 Å². The Morgan fingerprint density at radius 1 is 1.00 bits per heavy atom. The third kappa shape index (κ3) is 4.07. The van der Waals surface area contributed by atoms with Crippen molar-refractivity contribution in [3.8, 4) is 17.2 Å². The molecule has 176 valence electrons. The highest BCUT2D eigenvalue weighted by atomic mass is 32.2. The number of hydrogen-bond donors (Lipinski definition) is 1. The first kappa shape index (κ1) is 24.4. The molecule has 0 fully saturated rings. The molecular weight excluding hydrogens is 430 g/mol. The fourth-order valence-corrected chi connectivity index (χ4v) is 7.12. The zero-order chi connectivity index (χ0) is 23.5. The van der Waals surface area contributed by atoms with E-state index in [2.05, 4.69) is 0 Å². The molecule has 0 radical (unpaired) electrons. The monoisotopic (exact) mass is 463 g/mol. The third-order valence-electron chi connectivity index (χ3n) is 6.20. The predicted octanol–water partition coefficient (Wildman–Crippen LogP) is 4.62. The molecule has 2 aromatic rings. The number of sulfone groups is 1. The Morgan fingerprint density at radius 3 is 2.19 bits per heavy atom. The van der Waals surface area contributed by atoms with E-state index < -0.39 is 27.2 Å². The summed E-state index contributed by atoms with van der Waals surface area (Å²) in [5, 5.41) is 11.9. The van der Waals surface area contributed by atoms with Gasteiger partial charge in [-0.05, 0) is 24.5 Å². The lowest BCUT2D eigenvalue weighted by atomic mass is 9.95. The van der Waals surface area contributed by atoms with Gasteiger partial charge in [0.15, 0.2) is 21.3 Å². The standard InChI is InChI=1S/C24H33NO6S/c1-6-8-14-20-18(7-2)25(26)21(16-12-10-9-11-13-16)17-15-19(29-3)22(30-4)23(31-5)24(17)32(20,27)28/h9-13,15,18,20-21,26H,6-8,14H2,1-5H3. The van der Waals surface area contributed by atoms with Crippen molar-refractivity contribution in [2.45, 2.75) is 61.8 Å². The quantitative estimate of drug-likeness (QED) is 0.611. The minimum absolute atomic E-state index is 0.0580. The Kier molecular flexibility index (Phi) is 7.69. The van der Waals surface area contributed by atoms with E-state index in [-0.39, 0.29) is 16.4 Å². The van der Waals surface area contributed by atoms with Crippen LogP contribution in [0.3, 0.4) is 0 Å². The van der Waals surface area contributed by atoms with Gasteiger partial charge in [-0.2, -0.15) is 5.06 Å². The average molecular weight is 464 g/mol. The highest BCUT2D eigenvalue weighted by Crippen LogP contribution is 2.51. The Morgan fingerprint density at radius 2 is 1.66 bits per heavy atom. The number of methoxy groups -OCH3 is 3. The van der Waals surface area contributed by atoms with Crippen molar-refractivity contribution in [3.05, 3.63) is 47.5 Å². The first-order valence-electron chi connectivity index (χ1n) is 11.0. The molecule has 0 saturated heterocycles. The molecular formula is C24H33NO6S. The molecule has 3 rings (SSSR count). The molecule has 0 bridgehead atoms. The van der Waals surface area contributed by atoms with E-state index in [1.165, 1.54) is 26.4 Å². The van der Waals surface area contributed by atoms with E-state index >= 15 is 0 Å². The molecule has 0 amide bonds. The van der Waals surface area contributed by atoms with E-state index in [0.717, 1.165) is 18.4 Å². The summed E-state index contributed by atoms with van der Waals surface area (Å²) in [7, 11) is 0.471. The van der Waals surface area contributed by atoms with Crippen LogP contribution in [0.15, 0.2) is 41.3 Å². The van der Waals surface area contributed by atoms with Crippen LogP contribution in [-0.2, 0) is 9.84 Å². The van der Waals surface area contributed by atoms with E-state index in [9.17, 15) is 13.6 Å². The van der Waals surface area contributed by atoms with Crippen molar-refractivity contribution in [2.24, 2.45) is 0 Å². The molecule has 8 heteroatoms. The van der Waals surface area contributed by atoms with Gasteiger partial charge >= 0.3 is 0 Å². The normalized spacial score (nSPS) is 22.6. The molecule has 0 aromatic heterocycles. The van der Waals surface area contributed by atoms with Crippen LogP contribution >= 0.6 is 0 Å². The average Bonchev–Trinajstić information content (AvgIpc) is 2.87. The van der Waals surface area contributed by atoms with E-state index in [1.807, 2.05) is 44.2 Å². The fourth-order valence-electron chi connectivity index (χ4n) is 4.68. The van der Waals surface area contributed by atoms with Crippen molar-refractivity contribution >= 4 is 9.84 Å². The maximum Gasteiger partial charge on any atom is 0.204 e. The number of benzene rings is 2. The maximum atomic E-state index is 14.2. The van der Waals surface area contributed by atoms with Crippen molar-refractivity contribution in [3.63, 3.8) is 0 Å². The molecule has 0 aliphatic carbocycles. The summed E-state index contributed by atoms with van der Waals surface area (Å²) in [5.74, 6) is 0.667. The fraction of sp³-hybridized carbons (Fsp3) is 0.500. The summed E-state index contributed by atoms with van der Waals surface area (Å²) >= 11 is 0. The second-order valence-corrected chi connectivity index (χ2v) is 10.1. The highest BCUT2D eigenvalue weighted by molar-refractivity contribution is 7.92. The van der Waals surface area contributed by atoms with Gasteiger partial charge in [-0.25, -0.2) is 8.42 Å². The molecule has 2 aromatic carbocycles. The van der Waals surface area contributed by atoms with Gasteiger partial charge in [0.1, 0.15) is 4.90 Å². The van der Waals surface area contributed by atoms with Crippen molar-refractivity contribution in [1.29, 1.82) is 0 Å². The maximum absolute atomic E-state index is 14.2. The van der Waals surface area contributed by atoms with Gasteiger partial charge < -0.3 is 19.4 Å². The molecule has 3 unspecified atom stereocenters. The SMILES string of the molecule is CCCCC1C(CC)N(O)C(c2ccccc2)c2cc(OC)c(OC)c(OC)c2S1(=O)=O. The number of hydrogen-bond acceptors (Lipinski definition) is 7. The zero-order valence-electron chi connectivity index (χ0n) is 19.4. The Balaban J connectivity index is 2.45. The summed E-state index contributed by atoms with van der Waals surface area (Å²) in [6, 6.07) is 9.72. The van der Waals surface area contributed by atoms with Crippen LogP contribution in [0, 0.1) is 0 Å². The van der Waals surface area contributed by atoms with Crippen LogP contribution in [0.5, 0.6) is 17.2 Å². The predicted molar refractivity (Wildman–Crippen MR) is 123 cm³/mol. The van der Waals surface area contributed by atoms with E-state index in [1.54, 1.807) is 6.07 Å².